The van der Waals surface area contributed by atoms with Gasteiger partial charge in [-0.2, -0.15) is 0 Å². The van der Waals surface area contributed by atoms with E-state index >= 15 is 0 Å². The first-order chi connectivity index (χ1) is 11.6. The largest absolute Gasteiger partial charge is 0.362 e. The van der Waals surface area contributed by atoms with Crippen LogP contribution in [0.5, 0.6) is 0 Å². The minimum Gasteiger partial charge on any atom is -0.362 e. The molecule has 0 atom stereocenters. The smallest absolute Gasteiger partial charge is 0.191 e. The van der Waals surface area contributed by atoms with E-state index < -0.39 is 0 Å². The summed E-state index contributed by atoms with van der Waals surface area (Å²) in [4.78, 5) is 11.1. The quantitative estimate of drug-likeness (QED) is 0.633. The third-order valence-corrected chi connectivity index (χ3v) is 3.75. The van der Waals surface area contributed by atoms with Gasteiger partial charge in [0.15, 0.2) is 5.96 Å². The van der Waals surface area contributed by atoms with Gasteiger partial charge in [0.1, 0.15) is 5.82 Å². The molecule has 0 saturated carbocycles. The summed E-state index contributed by atoms with van der Waals surface area (Å²) < 4.78 is 0. The lowest BCUT2D eigenvalue weighted by Gasteiger charge is -2.16. The minimum atomic E-state index is 0.588. The zero-order chi connectivity index (χ0) is 17.4. The van der Waals surface area contributed by atoms with E-state index in [1.165, 1.54) is 11.1 Å². The van der Waals surface area contributed by atoms with Crippen LogP contribution in [0.25, 0.3) is 0 Å². The van der Waals surface area contributed by atoms with E-state index in [2.05, 4.69) is 59.8 Å². The Morgan fingerprint density at radius 1 is 1.08 bits per heavy atom. The fourth-order valence-corrected chi connectivity index (χ4v) is 2.45. The van der Waals surface area contributed by atoms with Gasteiger partial charge in [0.05, 0.1) is 6.54 Å². The zero-order valence-electron chi connectivity index (χ0n) is 15.0. The Bertz CT molecular complexity index is 679. The molecule has 2 aromatic rings. The van der Waals surface area contributed by atoms with Gasteiger partial charge < -0.3 is 15.5 Å². The van der Waals surface area contributed by atoms with Crippen molar-refractivity contribution in [2.75, 3.05) is 25.5 Å². The van der Waals surface area contributed by atoms with Crippen molar-refractivity contribution in [2.45, 2.75) is 26.9 Å². The van der Waals surface area contributed by atoms with Crippen LogP contribution in [0.1, 0.15) is 23.6 Å². The van der Waals surface area contributed by atoms with Gasteiger partial charge in [0.2, 0.25) is 0 Å². The SMILES string of the molecule is CCNC(=NCc1cccnc1N(C)C)NCc1ccccc1C. The van der Waals surface area contributed by atoms with Crippen molar-refractivity contribution < 1.29 is 0 Å². The number of hydrogen-bond acceptors (Lipinski definition) is 3. The zero-order valence-corrected chi connectivity index (χ0v) is 15.0. The maximum absolute atomic E-state index is 4.70. The van der Waals surface area contributed by atoms with Gasteiger partial charge in [0, 0.05) is 38.9 Å². The highest BCUT2D eigenvalue weighted by Gasteiger charge is 2.06. The molecule has 1 heterocycles. The molecule has 0 bridgehead atoms. The van der Waals surface area contributed by atoms with E-state index in [0.29, 0.717) is 6.54 Å². The number of rotatable bonds is 6. The fraction of sp³-hybridized carbons (Fsp3) is 0.368. The van der Waals surface area contributed by atoms with Gasteiger partial charge in [-0.1, -0.05) is 30.3 Å². The molecule has 2 rings (SSSR count). The summed E-state index contributed by atoms with van der Waals surface area (Å²) in [5.74, 6) is 1.77. The molecule has 0 amide bonds. The normalized spacial score (nSPS) is 11.2. The summed E-state index contributed by atoms with van der Waals surface area (Å²) in [7, 11) is 3.99. The molecule has 0 spiro atoms. The van der Waals surface area contributed by atoms with Gasteiger partial charge in [-0.3, -0.25) is 0 Å². The van der Waals surface area contributed by atoms with Crippen LogP contribution in [0.15, 0.2) is 47.6 Å². The van der Waals surface area contributed by atoms with Crippen molar-refractivity contribution in [3.05, 3.63) is 59.3 Å². The molecule has 0 fully saturated rings. The maximum Gasteiger partial charge on any atom is 0.191 e. The molecule has 0 aliphatic rings. The molecule has 0 saturated heterocycles. The average Bonchev–Trinajstić information content (AvgIpc) is 2.58. The lowest BCUT2D eigenvalue weighted by atomic mass is 10.1. The number of pyridine rings is 1. The Balaban J connectivity index is 2.07. The van der Waals surface area contributed by atoms with Crippen LogP contribution < -0.4 is 15.5 Å². The molecule has 0 aliphatic heterocycles. The first-order valence-corrected chi connectivity index (χ1v) is 8.29. The topological polar surface area (TPSA) is 52.6 Å². The Labute approximate surface area is 144 Å². The first-order valence-electron chi connectivity index (χ1n) is 8.29. The number of aromatic nitrogens is 1. The van der Waals surface area contributed by atoms with Crippen molar-refractivity contribution in [3.63, 3.8) is 0 Å². The highest BCUT2D eigenvalue weighted by atomic mass is 15.2. The third-order valence-electron chi connectivity index (χ3n) is 3.75. The van der Waals surface area contributed by atoms with E-state index in [1.54, 1.807) is 0 Å². The molecule has 1 aromatic heterocycles. The van der Waals surface area contributed by atoms with Gasteiger partial charge in [-0.25, -0.2) is 9.98 Å². The predicted octanol–water partition coefficient (Wildman–Crippen LogP) is 2.71. The molecule has 0 aliphatic carbocycles. The van der Waals surface area contributed by atoms with E-state index in [-0.39, 0.29) is 0 Å². The summed E-state index contributed by atoms with van der Waals surface area (Å²) in [6, 6.07) is 12.4. The number of guanidine groups is 1. The summed E-state index contributed by atoms with van der Waals surface area (Å²) in [5, 5.41) is 6.70. The molecule has 5 nitrogen and oxygen atoms in total. The fourth-order valence-electron chi connectivity index (χ4n) is 2.45. The van der Waals surface area contributed by atoms with Crippen LogP contribution in [-0.4, -0.2) is 31.6 Å². The van der Waals surface area contributed by atoms with Crippen LogP contribution >= 0.6 is 0 Å². The second-order valence-electron chi connectivity index (χ2n) is 5.86. The number of nitrogens with one attached hydrogen (secondary N) is 2. The van der Waals surface area contributed by atoms with E-state index in [9.17, 15) is 0 Å². The molecular weight excluding hydrogens is 298 g/mol. The van der Waals surface area contributed by atoms with Crippen LogP contribution in [0.2, 0.25) is 0 Å². The molecule has 24 heavy (non-hydrogen) atoms. The van der Waals surface area contributed by atoms with Crippen molar-refractivity contribution in [1.82, 2.24) is 15.6 Å². The molecule has 0 unspecified atom stereocenters. The molecule has 1 aromatic carbocycles. The monoisotopic (exact) mass is 325 g/mol. The molecular formula is C19H27N5. The summed E-state index contributed by atoms with van der Waals surface area (Å²) in [5.41, 5.74) is 3.66. The Hall–Kier alpha value is -2.56. The number of aryl methyl sites for hydroxylation is 1. The number of aliphatic imine (C=N–C) groups is 1. The molecule has 0 radical (unpaired) electrons. The maximum atomic E-state index is 4.70. The second kappa shape index (κ2) is 8.91. The van der Waals surface area contributed by atoms with E-state index in [1.807, 2.05) is 31.3 Å². The van der Waals surface area contributed by atoms with Gasteiger partial charge >= 0.3 is 0 Å². The van der Waals surface area contributed by atoms with Crippen molar-refractivity contribution in [3.8, 4) is 0 Å². The number of hydrogen-bond donors (Lipinski definition) is 2. The van der Waals surface area contributed by atoms with Crippen LogP contribution in [0, 0.1) is 6.92 Å². The van der Waals surface area contributed by atoms with Crippen LogP contribution in [0.3, 0.4) is 0 Å². The standard InChI is InChI=1S/C19H27N5/c1-5-20-19(22-13-16-10-7-6-9-15(16)2)23-14-17-11-8-12-21-18(17)24(3)4/h6-12H,5,13-14H2,1-4H3,(H2,20,22,23). The molecule has 5 heteroatoms. The van der Waals surface area contributed by atoms with Crippen LogP contribution in [-0.2, 0) is 13.1 Å². The highest BCUT2D eigenvalue weighted by Crippen LogP contribution is 2.15. The van der Waals surface area contributed by atoms with Gasteiger partial charge in [-0.05, 0) is 31.0 Å². The number of anilines is 1. The predicted molar refractivity (Wildman–Crippen MR) is 101 cm³/mol. The summed E-state index contributed by atoms with van der Waals surface area (Å²) >= 11 is 0. The van der Waals surface area contributed by atoms with Gasteiger partial charge in [0.25, 0.3) is 0 Å². The number of nitrogens with zero attached hydrogens (tertiary/aromatic N) is 3. The lowest BCUT2D eigenvalue weighted by molar-refractivity contribution is 0.811. The Morgan fingerprint density at radius 3 is 2.54 bits per heavy atom. The van der Waals surface area contributed by atoms with Crippen LogP contribution in [0.4, 0.5) is 5.82 Å². The third kappa shape index (κ3) is 4.98. The van der Waals surface area contributed by atoms with Gasteiger partial charge in [-0.15, -0.1) is 0 Å². The lowest BCUT2D eigenvalue weighted by Crippen LogP contribution is -2.37. The highest BCUT2D eigenvalue weighted by molar-refractivity contribution is 5.79. The average molecular weight is 325 g/mol. The summed E-state index contributed by atoms with van der Waals surface area (Å²) in [6.45, 7) is 6.37. The van der Waals surface area contributed by atoms with E-state index in [0.717, 1.165) is 30.4 Å². The van der Waals surface area contributed by atoms with Crippen molar-refractivity contribution in [1.29, 1.82) is 0 Å². The summed E-state index contributed by atoms with van der Waals surface area (Å²) in [6.07, 6.45) is 1.81. The molecule has 128 valence electrons. The van der Waals surface area contributed by atoms with E-state index in [4.69, 9.17) is 4.99 Å². The first kappa shape index (κ1) is 17.8. The second-order valence-corrected chi connectivity index (χ2v) is 5.86. The number of benzene rings is 1. The van der Waals surface area contributed by atoms with Crippen molar-refractivity contribution >= 4 is 11.8 Å². The minimum absolute atomic E-state index is 0.588. The molecule has 2 N–H and O–H groups in total. The Kier molecular flexibility index (Phi) is 6.61. The van der Waals surface area contributed by atoms with Crippen molar-refractivity contribution in [2.24, 2.45) is 4.99 Å². The Morgan fingerprint density at radius 2 is 1.83 bits per heavy atom.